The molecule has 2 atom stereocenters. The van der Waals surface area contributed by atoms with E-state index in [1.54, 1.807) is 0 Å². The van der Waals surface area contributed by atoms with Crippen LogP contribution in [-0.4, -0.2) is 19.6 Å². The molecule has 0 heterocycles. The number of hydrogen-bond acceptors (Lipinski definition) is 2. The number of aryl methyl sites for hydroxylation is 1. The second-order valence-corrected chi connectivity index (χ2v) is 4.28. The molecule has 0 radical (unpaired) electrons. The number of nitrogens with one attached hydrogen (secondary N) is 2. The predicted molar refractivity (Wildman–Crippen MR) is 67.4 cm³/mol. The quantitative estimate of drug-likeness (QED) is 0.774. The monoisotopic (exact) mass is 206 g/mol. The Balaban J connectivity index is 2.58. The fourth-order valence-electron chi connectivity index (χ4n) is 1.62. The first-order valence-corrected chi connectivity index (χ1v) is 5.62. The van der Waals surface area contributed by atoms with E-state index in [9.17, 15) is 0 Å². The molecule has 0 aliphatic rings. The zero-order chi connectivity index (χ0) is 11.3. The van der Waals surface area contributed by atoms with Crippen LogP contribution in [0, 0.1) is 12.8 Å². The lowest BCUT2D eigenvalue weighted by Crippen LogP contribution is -2.31. The minimum absolute atomic E-state index is 0.485. The Morgan fingerprint density at radius 1 is 1.20 bits per heavy atom. The van der Waals surface area contributed by atoms with Crippen LogP contribution in [0.2, 0.25) is 0 Å². The van der Waals surface area contributed by atoms with Crippen molar-refractivity contribution in [1.29, 1.82) is 0 Å². The van der Waals surface area contributed by atoms with E-state index in [2.05, 4.69) is 55.7 Å². The lowest BCUT2D eigenvalue weighted by molar-refractivity contribution is 0.485. The van der Waals surface area contributed by atoms with Crippen LogP contribution in [0.15, 0.2) is 24.3 Å². The molecule has 2 N–H and O–H groups in total. The molecule has 2 nitrogen and oxygen atoms in total. The third-order valence-corrected chi connectivity index (χ3v) is 2.91. The van der Waals surface area contributed by atoms with Gasteiger partial charge in [-0.2, -0.15) is 0 Å². The van der Waals surface area contributed by atoms with Gasteiger partial charge in [-0.3, -0.25) is 0 Å². The summed E-state index contributed by atoms with van der Waals surface area (Å²) in [4.78, 5) is 0. The highest BCUT2D eigenvalue weighted by molar-refractivity contribution is 5.50. The Kier molecular flexibility index (Phi) is 4.63. The summed E-state index contributed by atoms with van der Waals surface area (Å²) in [5.74, 6) is 0.620. The first-order chi connectivity index (χ1) is 7.15. The van der Waals surface area contributed by atoms with Crippen molar-refractivity contribution in [2.24, 2.45) is 5.92 Å². The SMILES string of the molecule is CNCC(C)[C@H](C)Nc1ccccc1C. The van der Waals surface area contributed by atoms with Crippen molar-refractivity contribution in [2.45, 2.75) is 26.8 Å². The second-order valence-electron chi connectivity index (χ2n) is 4.28. The third kappa shape index (κ3) is 3.56. The van der Waals surface area contributed by atoms with Crippen LogP contribution < -0.4 is 10.6 Å². The van der Waals surface area contributed by atoms with Crippen LogP contribution in [0.3, 0.4) is 0 Å². The standard InChI is InChI=1S/C13H22N2/c1-10-7-5-6-8-13(10)15-12(3)11(2)9-14-4/h5-8,11-12,14-15H,9H2,1-4H3/t11?,12-/m0/s1. The molecule has 15 heavy (non-hydrogen) atoms. The maximum atomic E-state index is 3.55. The zero-order valence-corrected chi connectivity index (χ0v) is 10.2. The highest BCUT2D eigenvalue weighted by atomic mass is 14.9. The van der Waals surface area contributed by atoms with E-state index in [4.69, 9.17) is 0 Å². The molecule has 1 aromatic rings. The Bertz CT molecular complexity index is 296. The van der Waals surface area contributed by atoms with Gasteiger partial charge in [0.1, 0.15) is 0 Å². The van der Waals surface area contributed by atoms with E-state index in [-0.39, 0.29) is 0 Å². The van der Waals surface area contributed by atoms with Gasteiger partial charge in [-0.25, -0.2) is 0 Å². The van der Waals surface area contributed by atoms with Gasteiger partial charge in [-0.05, 0) is 45.0 Å². The molecule has 0 amide bonds. The van der Waals surface area contributed by atoms with Crippen molar-refractivity contribution >= 4 is 5.69 Å². The molecule has 1 aromatic carbocycles. The molecule has 1 rings (SSSR count). The number of benzene rings is 1. The van der Waals surface area contributed by atoms with Crippen LogP contribution in [-0.2, 0) is 0 Å². The molecule has 0 saturated carbocycles. The van der Waals surface area contributed by atoms with Gasteiger partial charge >= 0.3 is 0 Å². The van der Waals surface area contributed by atoms with Crippen molar-refractivity contribution in [3.63, 3.8) is 0 Å². The fraction of sp³-hybridized carbons (Fsp3) is 0.538. The minimum Gasteiger partial charge on any atom is -0.382 e. The molecule has 0 aliphatic heterocycles. The Morgan fingerprint density at radius 3 is 2.47 bits per heavy atom. The molecule has 0 saturated heterocycles. The van der Waals surface area contributed by atoms with Gasteiger partial charge in [-0.1, -0.05) is 25.1 Å². The Morgan fingerprint density at radius 2 is 1.87 bits per heavy atom. The summed E-state index contributed by atoms with van der Waals surface area (Å²) in [5, 5.41) is 6.76. The summed E-state index contributed by atoms with van der Waals surface area (Å²) in [7, 11) is 2.00. The van der Waals surface area contributed by atoms with E-state index in [0.717, 1.165) is 6.54 Å². The lowest BCUT2D eigenvalue weighted by atomic mass is 10.0. The van der Waals surface area contributed by atoms with Crippen molar-refractivity contribution in [1.82, 2.24) is 5.32 Å². The van der Waals surface area contributed by atoms with E-state index in [0.29, 0.717) is 12.0 Å². The highest BCUT2D eigenvalue weighted by Crippen LogP contribution is 2.16. The van der Waals surface area contributed by atoms with Gasteiger partial charge in [-0.15, -0.1) is 0 Å². The third-order valence-electron chi connectivity index (χ3n) is 2.91. The van der Waals surface area contributed by atoms with Crippen LogP contribution in [0.25, 0.3) is 0 Å². The molecule has 0 bridgehead atoms. The maximum Gasteiger partial charge on any atom is 0.0372 e. The van der Waals surface area contributed by atoms with E-state index in [1.807, 2.05) is 7.05 Å². The van der Waals surface area contributed by atoms with Gasteiger partial charge < -0.3 is 10.6 Å². The molecule has 2 heteroatoms. The van der Waals surface area contributed by atoms with E-state index >= 15 is 0 Å². The molecule has 0 fully saturated rings. The topological polar surface area (TPSA) is 24.1 Å². The molecular formula is C13H22N2. The fourth-order valence-corrected chi connectivity index (χ4v) is 1.62. The van der Waals surface area contributed by atoms with Crippen molar-refractivity contribution in [3.05, 3.63) is 29.8 Å². The summed E-state index contributed by atoms with van der Waals surface area (Å²) in [6, 6.07) is 8.90. The van der Waals surface area contributed by atoms with Gasteiger partial charge in [0.2, 0.25) is 0 Å². The lowest BCUT2D eigenvalue weighted by Gasteiger charge is -2.23. The number of anilines is 1. The van der Waals surface area contributed by atoms with E-state index < -0.39 is 0 Å². The number of hydrogen-bond donors (Lipinski definition) is 2. The average molecular weight is 206 g/mol. The predicted octanol–water partition coefficient (Wildman–Crippen LogP) is 2.65. The Labute approximate surface area is 93.1 Å². The first kappa shape index (κ1) is 12.1. The summed E-state index contributed by atoms with van der Waals surface area (Å²) in [5.41, 5.74) is 2.55. The largest absolute Gasteiger partial charge is 0.382 e. The molecule has 0 aromatic heterocycles. The molecule has 1 unspecified atom stereocenters. The van der Waals surface area contributed by atoms with Crippen LogP contribution in [0.1, 0.15) is 19.4 Å². The highest BCUT2D eigenvalue weighted by Gasteiger charge is 2.11. The minimum atomic E-state index is 0.485. The van der Waals surface area contributed by atoms with Gasteiger partial charge in [0.15, 0.2) is 0 Å². The molecule has 84 valence electrons. The molecule has 0 aliphatic carbocycles. The molecular weight excluding hydrogens is 184 g/mol. The van der Waals surface area contributed by atoms with Crippen LogP contribution in [0.5, 0.6) is 0 Å². The summed E-state index contributed by atoms with van der Waals surface area (Å²) in [6.07, 6.45) is 0. The van der Waals surface area contributed by atoms with E-state index in [1.165, 1.54) is 11.3 Å². The smallest absolute Gasteiger partial charge is 0.0372 e. The second kappa shape index (κ2) is 5.76. The summed E-state index contributed by atoms with van der Waals surface area (Å²) >= 11 is 0. The maximum absolute atomic E-state index is 3.55. The Hall–Kier alpha value is -1.02. The first-order valence-electron chi connectivity index (χ1n) is 5.62. The van der Waals surface area contributed by atoms with Crippen LogP contribution in [0.4, 0.5) is 5.69 Å². The number of para-hydroxylation sites is 1. The summed E-state index contributed by atoms with van der Waals surface area (Å²) < 4.78 is 0. The molecule has 0 spiro atoms. The van der Waals surface area contributed by atoms with Crippen molar-refractivity contribution < 1.29 is 0 Å². The van der Waals surface area contributed by atoms with Gasteiger partial charge in [0.25, 0.3) is 0 Å². The normalized spacial score (nSPS) is 14.7. The summed E-state index contributed by atoms with van der Waals surface area (Å²) in [6.45, 7) is 7.67. The van der Waals surface area contributed by atoms with Gasteiger partial charge in [0.05, 0.1) is 0 Å². The number of rotatable bonds is 5. The van der Waals surface area contributed by atoms with Gasteiger partial charge in [0, 0.05) is 11.7 Å². The van der Waals surface area contributed by atoms with Crippen molar-refractivity contribution in [3.8, 4) is 0 Å². The average Bonchev–Trinajstić information content (AvgIpc) is 2.21. The van der Waals surface area contributed by atoms with Crippen LogP contribution >= 0.6 is 0 Å². The van der Waals surface area contributed by atoms with Crippen molar-refractivity contribution in [2.75, 3.05) is 18.9 Å². The zero-order valence-electron chi connectivity index (χ0n) is 10.2.